The average molecular weight is 448 g/mol. The van der Waals surface area contributed by atoms with Crippen LogP contribution in [0.15, 0.2) is 72.3 Å². The molecule has 1 nitrogen and oxygen atoms in total. The number of nitrogens with zero attached hydrogens (tertiary/aromatic N) is 1. The number of fused-ring (bicyclic) bond motifs is 4. The topological polar surface area (TPSA) is 3.24 Å². The zero-order chi connectivity index (χ0) is 22.9. The first-order valence-electron chi connectivity index (χ1n) is 13.5. The number of rotatable bonds is 5. The van der Waals surface area contributed by atoms with Crippen LogP contribution in [0.1, 0.15) is 79.2 Å². The lowest BCUT2D eigenvalue weighted by Gasteiger charge is -2.31. The second kappa shape index (κ2) is 9.55. The Labute approximate surface area is 205 Å². The van der Waals surface area contributed by atoms with Crippen LogP contribution >= 0.6 is 0 Å². The third-order valence-corrected chi connectivity index (χ3v) is 8.50. The van der Waals surface area contributed by atoms with E-state index >= 15 is 0 Å². The van der Waals surface area contributed by atoms with Crippen molar-refractivity contribution in [2.75, 3.05) is 7.05 Å². The molecule has 0 spiro atoms. The molecule has 0 N–H and O–H groups in total. The highest BCUT2D eigenvalue weighted by Gasteiger charge is 2.22. The van der Waals surface area contributed by atoms with Crippen molar-refractivity contribution < 1.29 is 0 Å². The molecule has 3 aliphatic rings. The maximum Gasteiger partial charge on any atom is 0.0233 e. The summed E-state index contributed by atoms with van der Waals surface area (Å²) in [7, 11) is 2.32. The number of hydrogen-bond donors (Lipinski definition) is 0. The van der Waals surface area contributed by atoms with Crippen molar-refractivity contribution in [1.82, 2.24) is 4.90 Å². The number of benzene rings is 3. The molecule has 174 valence electrons. The first-order valence-corrected chi connectivity index (χ1v) is 13.5. The quantitative estimate of drug-likeness (QED) is 0.380. The SMILES string of the molecule is CN(Cc1cccc(Cc2cccc3ccc4c(c23)CCC2=C4C=CCC2)c1)C1CCCCC1. The minimum absolute atomic E-state index is 0.759. The second-order valence-electron chi connectivity index (χ2n) is 10.8. The Bertz CT molecular complexity index is 1250. The highest BCUT2D eigenvalue weighted by molar-refractivity contribution is 5.96. The van der Waals surface area contributed by atoms with E-state index < -0.39 is 0 Å². The lowest BCUT2D eigenvalue weighted by atomic mass is 9.78. The molecule has 0 aromatic heterocycles. The van der Waals surface area contributed by atoms with Crippen molar-refractivity contribution in [3.05, 3.63) is 100 Å². The van der Waals surface area contributed by atoms with Crippen molar-refractivity contribution in [1.29, 1.82) is 0 Å². The molecule has 0 unspecified atom stereocenters. The Morgan fingerprint density at radius 2 is 1.71 bits per heavy atom. The fourth-order valence-electron chi connectivity index (χ4n) is 6.72. The summed E-state index contributed by atoms with van der Waals surface area (Å²) in [6, 6.07) is 21.8. The molecular formula is C33H37N. The van der Waals surface area contributed by atoms with E-state index in [1.807, 2.05) is 0 Å². The van der Waals surface area contributed by atoms with Crippen LogP contribution in [0.3, 0.4) is 0 Å². The highest BCUT2D eigenvalue weighted by atomic mass is 15.1. The fraction of sp³-hybridized carbons (Fsp3) is 0.394. The predicted octanol–water partition coefficient (Wildman–Crippen LogP) is 8.24. The van der Waals surface area contributed by atoms with E-state index in [-0.39, 0.29) is 0 Å². The smallest absolute Gasteiger partial charge is 0.0233 e. The number of allylic oxidation sites excluding steroid dienone is 4. The maximum atomic E-state index is 2.59. The van der Waals surface area contributed by atoms with E-state index in [0.29, 0.717) is 0 Å². The van der Waals surface area contributed by atoms with Gasteiger partial charge >= 0.3 is 0 Å². The van der Waals surface area contributed by atoms with E-state index in [9.17, 15) is 0 Å². The average Bonchev–Trinajstić information content (AvgIpc) is 2.89. The Balaban J connectivity index is 1.30. The van der Waals surface area contributed by atoms with E-state index in [0.717, 1.165) is 19.0 Å². The highest BCUT2D eigenvalue weighted by Crippen LogP contribution is 2.41. The molecule has 3 aliphatic carbocycles. The van der Waals surface area contributed by atoms with Crippen molar-refractivity contribution in [3.8, 4) is 0 Å². The van der Waals surface area contributed by atoms with Gasteiger partial charge in [-0.25, -0.2) is 0 Å². The summed E-state index contributed by atoms with van der Waals surface area (Å²) in [5.41, 5.74) is 10.6. The molecule has 0 bridgehead atoms. The van der Waals surface area contributed by atoms with Gasteiger partial charge in [0.25, 0.3) is 0 Å². The van der Waals surface area contributed by atoms with Gasteiger partial charge in [0.2, 0.25) is 0 Å². The molecule has 0 radical (unpaired) electrons. The van der Waals surface area contributed by atoms with Crippen LogP contribution in [0.25, 0.3) is 16.3 Å². The summed E-state index contributed by atoms with van der Waals surface area (Å²) >= 11 is 0. The third kappa shape index (κ3) is 4.27. The van der Waals surface area contributed by atoms with Crippen LogP contribution in [0.2, 0.25) is 0 Å². The van der Waals surface area contributed by atoms with Crippen molar-refractivity contribution in [2.24, 2.45) is 0 Å². The van der Waals surface area contributed by atoms with Gasteiger partial charge in [-0.1, -0.05) is 91.6 Å². The van der Waals surface area contributed by atoms with E-state index in [2.05, 4.69) is 78.7 Å². The summed E-state index contributed by atoms with van der Waals surface area (Å²) in [6.45, 7) is 1.06. The van der Waals surface area contributed by atoms with Crippen LogP contribution in [0.5, 0.6) is 0 Å². The molecule has 0 aliphatic heterocycles. The van der Waals surface area contributed by atoms with Gasteiger partial charge in [-0.2, -0.15) is 0 Å². The largest absolute Gasteiger partial charge is 0.299 e. The van der Waals surface area contributed by atoms with Gasteiger partial charge in [0.1, 0.15) is 0 Å². The lowest BCUT2D eigenvalue weighted by molar-refractivity contribution is 0.184. The van der Waals surface area contributed by atoms with Gasteiger partial charge < -0.3 is 0 Å². The Kier molecular flexibility index (Phi) is 6.14. The first-order chi connectivity index (χ1) is 16.8. The van der Waals surface area contributed by atoms with E-state index in [1.165, 1.54) is 96.4 Å². The van der Waals surface area contributed by atoms with Crippen molar-refractivity contribution >= 4 is 16.3 Å². The molecule has 0 saturated heterocycles. The molecule has 1 fully saturated rings. The van der Waals surface area contributed by atoms with Crippen LogP contribution in [-0.2, 0) is 19.4 Å². The van der Waals surface area contributed by atoms with Gasteiger partial charge in [0.15, 0.2) is 0 Å². The molecule has 3 aromatic carbocycles. The summed E-state index contributed by atoms with van der Waals surface area (Å²) in [6.07, 6.45) is 17.6. The van der Waals surface area contributed by atoms with Crippen LogP contribution < -0.4 is 0 Å². The standard InChI is InChI=1S/C33H37N/c1-34(29-14-3-2-4-15-29)23-25-10-7-9-24(21-25)22-28-13-8-12-27-18-19-31-30-16-6-5-11-26(30)17-20-32(31)33(27)28/h6-10,12-13,16,18-19,21,29H,2-5,11,14-15,17,20,22-23H2,1H3. The second-order valence-corrected chi connectivity index (χ2v) is 10.8. The maximum absolute atomic E-state index is 2.59. The van der Waals surface area contributed by atoms with Gasteiger partial charge in [-0.3, -0.25) is 4.90 Å². The molecule has 0 amide bonds. The Morgan fingerprint density at radius 1 is 0.853 bits per heavy atom. The van der Waals surface area contributed by atoms with E-state index in [4.69, 9.17) is 0 Å². The normalized spacial score (nSPS) is 18.4. The van der Waals surface area contributed by atoms with Gasteiger partial charge in [0.05, 0.1) is 0 Å². The molecule has 6 rings (SSSR count). The van der Waals surface area contributed by atoms with Crippen LogP contribution in [0, 0.1) is 0 Å². The molecule has 3 aromatic rings. The van der Waals surface area contributed by atoms with Gasteiger partial charge in [0, 0.05) is 12.6 Å². The molecule has 34 heavy (non-hydrogen) atoms. The van der Waals surface area contributed by atoms with Gasteiger partial charge in [-0.05, 0) is 96.2 Å². The van der Waals surface area contributed by atoms with Crippen molar-refractivity contribution in [2.45, 2.75) is 76.8 Å². The summed E-state index contributed by atoms with van der Waals surface area (Å²) < 4.78 is 0. The van der Waals surface area contributed by atoms with Crippen LogP contribution in [0.4, 0.5) is 0 Å². The molecule has 0 heterocycles. The molecule has 1 saturated carbocycles. The summed E-state index contributed by atoms with van der Waals surface area (Å²) in [5, 5.41) is 2.91. The van der Waals surface area contributed by atoms with Crippen molar-refractivity contribution in [3.63, 3.8) is 0 Å². The lowest BCUT2D eigenvalue weighted by Crippen LogP contribution is -2.32. The molecule has 0 atom stereocenters. The minimum atomic E-state index is 0.759. The monoisotopic (exact) mass is 447 g/mol. The zero-order valence-electron chi connectivity index (χ0n) is 20.7. The van der Waals surface area contributed by atoms with E-state index in [1.54, 1.807) is 11.1 Å². The zero-order valence-corrected chi connectivity index (χ0v) is 20.7. The Morgan fingerprint density at radius 3 is 2.62 bits per heavy atom. The third-order valence-electron chi connectivity index (χ3n) is 8.50. The van der Waals surface area contributed by atoms with Gasteiger partial charge in [-0.15, -0.1) is 0 Å². The minimum Gasteiger partial charge on any atom is -0.299 e. The number of hydrogen-bond acceptors (Lipinski definition) is 1. The molecule has 1 heteroatoms. The Hall–Kier alpha value is -2.64. The summed E-state index contributed by atoms with van der Waals surface area (Å²) in [4.78, 5) is 2.59. The van der Waals surface area contributed by atoms with Crippen LogP contribution in [-0.4, -0.2) is 18.0 Å². The summed E-state index contributed by atoms with van der Waals surface area (Å²) in [5.74, 6) is 0. The molecular weight excluding hydrogens is 410 g/mol. The predicted molar refractivity (Wildman–Crippen MR) is 145 cm³/mol. The fourth-order valence-corrected chi connectivity index (χ4v) is 6.72. The first kappa shape index (κ1) is 21.9. The number of aryl methyl sites for hydroxylation is 1.